The Morgan fingerprint density at radius 2 is 1.69 bits per heavy atom. The van der Waals surface area contributed by atoms with Crippen LogP contribution in [0.5, 0.6) is 5.75 Å². The number of hydrogen-bond donors (Lipinski definition) is 0. The highest BCUT2D eigenvalue weighted by Gasteiger charge is 2.33. The van der Waals surface area contributed by atoms with Crippen LogP contribution >= 0.6 is 11.8 Å². The van der Waals surface area contributed by atoms with Crippen LogP contribution in [-0.2, 0) is 4.79 Å². The lowest BCUT2D eigenvalue weighted by Crippen LogP contribution is -2.32. The zero-order valence-electron chi connectivity index (χ0n) is 17.7. The number of thioether (sulfide) groups is 1. The lowest BCUT2D eigenvalue weighted by Gasteiger charge is -2.17. The van der Waals surface area contributed by atoms with Crippen molar-refractivity contribution in [3.63, 3.8) is 0 Å². The van der Waals surface area contributed by atoms with E-state index in [4.69, 9.17) is 9.73 Å². The Balaban J connectivity index is 1.87. The van der Waals surface area contributed by atoms with E-state index in [9.17, 15) is 4.79 Å². The Bertz CT molecular complexity index is 913. The predicted molar refractivity (Wildman–Crippen MR) is 123 cm³/mol. The summed E-state index contributed by atoms with van der Waals surface area (Å²) >= 11 is 1.43. The van der Waals surface area contributed by atoms with Crippen molar-refractivity contribution >= 4 is 34.6 Å². The summed E-state index contributed by atoms with van der Waals surface area (Å²) in [5.74, 6) is 1.20. The van der Waals surface area contributed by atoms with Gasteiger partial charge < -0.3 is 4.74 Å². The summed E-state index contributed by atoms with van der Waals surface area (Å²) in [6, 6.07) is 15.8. The second-order valence-electron chi connectivity index (χ2n) is 7.89. The van der Waals surface area contributed by atoms with Gasteiger partial charge in [-0.1, -0.05) is 43.7 Å². The minimum Gasteiger partial charge on any atom is -0.491 e. The van der Waals surface area contributed by atoms with E-state index in [0.29, 0.717) is 17.4 Å². The molecule has 0 radical (unpaired) electrons. The summed E-state index contributed by atoms with van der Waals surface area (Å²) in [7, 11) is 0. The first-order valence-electron chi connectivity index (χ1n) is 9.95. The van der Waals surface area contributed by atoms with Crippen molar-refractivity contribution < 1.29 is 9.53 Å². The van der Waals surface area contributed by atoms with Crippen LogP contribution in [0.3, 0.4) is 0 Å². The van der Waals surface area contributed by atoms with E-state index in [2.05, 4.69) is 13.8 Å². The Kier molecular flexibility index (Phi) is 6.80. The summed E-state index contributed by atoms with van der Waals surface area (Å²) in [5, 5.41) is 0.735. The third-order valence-corrected chi connectivity index (χ3v) is 5.25. The maximum Gasteiger partial charge on any atom is 0.266 e. The summed E-state index contributed by atoms with van der Waals surface area (Å²) in [6.07, 6.45) is 2.06. The number of hydrogen-bond acceptors (Lipinski definition) is 4. The van der Waals surface area contributed by atoms with E-state index in [1.165, 1.54) is 17.3 Å². The molecule has 0 atom stereocenters. The molecule has 4 nitrogen and oxygen atoms in total. The molecular weight excluding hydrogens is 380 g/mol. The molecule has 152 valence electrons. The van der Waals surface area contributed by atoms with Gasteiger partial charge in [-0.3, -0.25) is 9.69 Å². The second kappa shape index (κ2) is 9.31. The van der Waals surface area contributed by atoms with Crippen LogP contribution in [0.15, 0.2) is 58.4 Å². The highest BCUT2D eigenvalue weighted by molar-refractivity contribution is 8.18. The van der Waals surface area contributed by atoms with Crippen LogP contribution in [0.4, 0.5) is 5.69 Å². The van der Waals surface area contributed by atoms with E-state index in [1.54, 1.807) is 4.90 Å². The first-order valence-corrected chi connectivity index (χ1v) is 10.8. The van der Waals surface area contributed by atoms with Gasteiger partial charge in [0.15, 0.2) is 5.17 Å². The molecule has 29 heavy (non-hydrogen) atoms. The number of carbonyl (C=O) groups is 1. The zero-order valence-corrected chi connectivity index (χ0v) is 18.5. The fraction of sp³-hybridized carbons (Fsp3) is 0.333. The number of amidine groups is 1. The van der Waals surface area contributed by atoms with Gasteiger partial charge in [0.1, 0.15) is 5.75 Å². The van der Waals surface area contributed by atoms with E-state index in [0.717, 1.165) is 22.2 Å². The van der Waals surface area contributed by atoms with Gasteiger partial charge in [-0.2, -0.15) is 0 Å². The van der Waals surface area contributed by atoms with Gasteiger partial charge in [0.2, 0.25) is 0 Å². The van der Waals surface area contributed by atoms with Gasteiger partial charge in [-0.15, -0.1) is 0 Å². The zero-order chi connectivity index (χ0) is 21.0. The average molecular weight is 409 g/mol. The normalized spacial score (nSPS) is 17.2. The molecule has 1 aliphatic heterocycles. The molecule has 1 amide bonds. The number of ether oxygens (including phenoxy) is 1. The quantitative estimate of drug-likeness (QED) is 0.547. The van der Waals surface area contributed by atoms with Crippen molar-refractivity contribution in [2.24, 2.45) is 10.9 Å². The number of amides is 1. The molecule has 2 aromatic rings. The molecule has 0 saturated carbocycles. The number of nitrogens with zero attached hydrogens (tertiary/aromatic N) is 2. The molecule has 1 aliphatic rings. The van der Waals surface area contributed by atoms with Crippen LogP contribution in [0, 0.1) is 12.8 Å². The maximum atomic E-state index is 13.0. The molecule has 5 heteroatoms. The minimum absolute atomic E-state index is 0.0112. The van der Waals surface area contributed by atoms with Gasteiger partial charge in [-0.05, 0) is 74.4 Å². The van der Waals surface area contributed by atoms with Crippen molar-refractivity contribution in [1.29, 1.82) is 0 Å². The van der Waals surface area contributed by atoms with Crippen molar-refractivity contribution in [3.8, 4) is 5.75 Å². The van der Waals surface area contributed by atoms with Gasteiger partial charge in [-0.25, -0.2) is 4.99 Å². The molecule has 1 heterocycles. The summed E-state index contributed by atoms with van der Waals surface area (Å²) in [6.45, 7) is 10.9. The molecule has 0 aromatic heterocycles. The Labute approximate surface area is 177 Å². The topological polar surface area (TPSA) is 41.9 Å². The number of aliphatic imine (C=N–C) groups is 1. The molecule has 1 fully saturated rings. The molecule has 0 spiro atoms. The van der Waals surface area contributed by atoms with Gasteiger partial charge in [0, 0.05) is 6.54 Å². The molecule has 3 rings (SSSR count). The molecule has 1 saturated heterocycles. The second-order valence-corrected chi connectivity index (χ2v) is 8.89. The van der Waals surface area contributed by atoms with Crippen LogP contribution in [0.2, 0.25) is 0 Å². The summed E-state index contributed by atoms with van der Waals surface area (Å²) < 4.78 is 5.69. The molecular formula is C24H28N2O2S. The van der Waals surface area contributed by atoms with Crippen LogP contribution in [-0.4, -0.2) is 28.6 Å². The molecule has 2 aromatic carbocycles. The Hall–Kier alpha value is -2.53. The fourth-order valence-corrected chi connectivity index (χ4v) is 3.92. The Morgan fingerprint density at radius 3 is 2.28 bits per heavy atom. The largest absolute Gasteiger partial charge is 0.491 e. The van der Waals surface area contributed by atoms with E-state index in [-0.39, 0.29) is 12.0 Å². The molecule has 0 bridgehead atoms. The fourth-order valence-electron chi connectivity index (χ4n) is 2.91. The maximum absolute atomic E-state index is 13.0. The predicted octanol–water partition coefficient (Wildman–Crippen LogP) is 6.04. The van der Waals surface area contributed by atoms with Crippen molar-refractivity contribution in [3.05, 3.63) is 64.6 Å². The molecule has 0 unspecified atom stereocenters. The summed E-state index contributed by atoms with van der Waals surface area (Å²) in [5.41, 5.74) is 3.02. The van der Waals surface area contributed by atoms with E-state index in [1.807, 2.05) is 75.4 Å². The van der Waals surface area contributed by atoms with Crippen LogP contribution < -0.4 is 4.74 Å². The van der Waals surface area contributed by atoms with Crippen molar-refractivity contribution in [2.75, 3.05) is 6.54 Å². The Morgan fingerprint density at radius 1 is 1.03 bits per heavy atom. The lowest BCUT2D eigenvalue weighted by atomic mass is 10.2. The van der Waals surface area contributed by atoms with Crippen LogP contribution in [0.25, 0.3) is 6.08 Å². The summed E-state index contributed by atoms with van der Waals surface area (Å²) in [4.78, 5) is 20.3. The standard InChI is InChI=1S/C24H28N2O2S/c1-16(2)15-26-23(27)22(14-19-8-12-21(13-9-19)28-17(3)4)29-24(26)25-20-10-6-18(5)7-11-20/h6-14,16-17H,15H2,1-5H3/b22-14+,25-24?. The monoisotopic (exact) mass is 408 g/mol. The third kappa shape index (κ3) is 5.73. The first-order chi connectivity index (χ1) is 13.8. The van der Waals surface area contributed by atoms with E-state index < -0.39 is 0 Å². The highest BCUT2D eigenvalue weighted by Crippen LogP contribution is 2.35. The smallest absolute Gasteiger partial charge is 0.266 e. The molecule has 0 N–H and O–H groups in total. The number of benzene rings is 2. The average Bonchev–Trinajstić information content (AvgIpc) is 2.93. The number of carbonyl (C=O) groups excluding carboxylic acids is 1. The van der Waals surface area contributed by atoms with Gasteiger partial charge in [0.25, 0.3) is 5.91 Å². The first kappa shape index (κ1) is 21.2. The number of rotatable bonds is 6. The SMILES string of the molecule is Cc1ccc(N=C2S/C(=C/c3ccc(OC(C)C)cc3)C(=O)N2CC(C)C)cc1. The van der Waals surface area contributed by atoms with Crippen molar-refractivity contribution in [1.82, 2.24) is 4.90 Å². The lowest BCUT2D eigenvalue weighted by molar-refractivity contribution is -0.122. The van der Waals surface area contributed by atoms with Crippen molar-refractivity contribution in [2.45, 2.75) is 40.7 Å². The van der Waals surface area contributed by atoms with E-state index >= 15 is 0 Å². The molecule has 0 aliphatic carbocycles. The third-order valence-electron chi connectivity index (χ3n) is 4.24. The number of aryl methyl sites for hydroxylation is 1. The minimum atomic E-state index is 0.0112. The van der Waals surface area contributed by atoms with Gasteiger partial charge in [0.05, 0.1) is 16.7 Å². The van der Waals surface area contributed by atoms with Crippen LogP contribution in [0.1, 0.15) is 38.8 Å². The van der Waals surface area contributed by atoms with Gasteiger partial charge >= 0.3 is 0 Å². The highest BCUT2D eigenvalue weighted by atomic mass is 32.2.